The summed E-state index contributed by atoms with van der Waals surface area (Å²) in [5.41, 5.74) is 0.955. The van der Waals surface area contributed by atoms with Crippen LogP contribution in [0, 0.1) is 0 Å². The van der Waals surface area contributed by atoms with Crippen LogP contribution in [0.5, 0.6) is 11.5 Å². The second-order valence-electron chi connectivity index (χ2n) is 4.52. The monoisotopic (exact) mass is 208 g/mol. The number of hydrogen-bond acceptors (Lipinski definition) is 2. The number of ether oxygens (including phenoxy) is 1. The maximum Gasteiger partial charge on any atom is 0.119 e. The second kappa shape index (κ2) is 4.56. The van der Waals surface area contributed by atoms with Crippen LogP contribution < -0.4 is 4.74 Å². The summed E-state index contributed by atoms with van der Waals surface area (Å²) in [5, 5.41) is 9.84. The normalized spacial score (nSPS) is 11.5. The van der Waals surface area contributed by atoms with Gasteiger partial charge in [-0.05, 0) is 30.0 Å². The van der Waals surface area contributed by atoms with Gasteiger partial charge in [0.05, 0.1) is 7.11 Å². The van der Waals surface area contributed by atoms with Gasteiger partial charge in [-0.3, -0.25) is 0 Å². The van der Waals surface area contributed by atoms with Gasteiger partial charge in [-0.25, -0.2) is 0 Å². The highest BCUT2D eigenvalue weighted by molar-refractivity contribution is 5.43. The number of phenolic OH excluding ortho intramolecular Hbond substituents is 1. The maximum absolute atomic E-state index is 9.84. The van der Waals surface area contributed by atoms with E-state index in [4.69, 9.17) is 4.74 Å². The van der Waals surface area contributed by atoms with Crippen LogP contribution in [0.15, 0.2) is 18.2 Å². The molecule has 1 aromatic rings. The first-order chi connectivity index (χ1) is 7.01. The molecule has 84 valence electrons. The van der Waals surface area contributed by atoms with Crippen molar-refractivity contribution in [2.45, 2.75) is 39.0 Å². The first kappa shape index (κ1) is 11.9. The zero-order valence-electron chi connectivity index (χ0n) is 10.0. The fraction of sp³-hybridized carbons (Fsp3) is 0.538. The summed E-state index contributed by atoms with van der Waals surface area (Å²) in [6.45, 7) is 6.44. The summed E-state index contributed by atoms with van der Waals surface area (Å²) in [6, 6.07) is 5.40. The van der Waals surface area contributed by atoms with Gasteiger partial charge in [0.2, 0.25) is 0 Å². The standard InChI is InChI=1S/C13H20O2/c1-5-8-13(2,3)11-9-10(15-4)6-7-12(11)14/h6-7,9,14H,5,8H2,1-4H3. The Kier molecular flexibility index (Phi) is 3.61. The SMILES string of the molecule is CCCC(C)(C)c1cc(OC)ccc1O. The third kappa shape index (κ3) is 2.65. The molecule has 0 radical (unpaired) electrons. The van der Waals surface area contributed by atoms with Crippen molar-refractivity contribution in [2.24, 2.45) is 0 Å². The lowest BCUT2D eigenvalue weighted by Crippen LogP contribution is -2.16. The predicted molar refractivity (Wildman–Crippen MR) is 62.6 cm³/mol. The van der Waals surface area contributed by atoms with Gasteiger partial charge in [-0.2, -0.15) is 0 Å². The van der Waals surface area contributed by atoms with Crippen LogP contribution in [-0.2, 0) is 5.41 Å². The molecule has 1 aromatic carbocycles. The van der Waals surface area contributed by atoms with E-state index in [2.05, 4.69) is 20.8 Å². The highest BCUT2D eigenvalue weighted by Crippen LogP contribution is 2.36. The Balaban J connectivity index is 3.11. The van der Waals surface area contributed by atoms with Gasteiger partial charge in [0.25, 0.3) is 0 Å². The summed E-state index contributed by atoms with van der Waals surface area (Å²) < 4.78 is 5.17. The quantitative estimate of drug-likeness (QED) is 0.820. The Morgan fingerprint density at radius 2 is 2.00 bits per heavy atom. The Labute approximate surface area is 91.9 Å². The van der Waals surface area contributed by atoms with E-state index in [1.807, 2.05) is 6.07 Å². The molecule has 0 bridgehead atoms. The minimum Gasteiger partial charge on any atom is -0.508 e. The van der Waals surface area contributed by atoms with Crippen molar-refractivity contribution in [3.63, 3.8) is 0 Å². The van der Waals surface area contributed by atoms with E-state index in [9.17, 15) is 5.11 Å². The lowest BCUT2D eigenvalue weighted by Gasteiger charge is -2.26. The van der Waals surface area contributed by atoms with Crippen LogP contribution in [0.1, 0.15) is 39.2 Å². The Morgan fingerprint density at radius 3 is 2.53 bits per heavy atom. The molecule has 0 aliphatic rings. The summed E-state index contributed by atoms with van der Waals surface area (Å²) in [6.07, 6.45) is 2.15. The van der Waals surface area contributed by atoms with Crippen molar-refractivity contribution < 1.29 is 9.84 Å². The van der Waals surface area contributed by atoms with E-state index < -0.39 is 0 Å². The molecular weight excluding hydrogens is 188 g/mol. The fourth-order valence-electron chi connectivity index (χ4n) is 1.94. The van der Waals surface area contributed by atoms with Gasteiger partial charge >= 0.3 is 0 Å². The van der Waals surface area contributed by atoms with Gasteiger partial charge in [0, 0.05) is 5.56 Å². The number of benzene rings is 1. The van der Waals surface area contributed by atoms with Crippen molar-refractivity contribution in [3.05, 3.63) is 23.8 Å². The van der Waals surface area contributed by atoms with Gasteiger partial charge in [-0.15, -0.1) is 0 Å². The highest BCUT2D eigenvalue weighted by atomic mass is 16.5. The average molecular weight is 208 g/mol. The molecule has 2 heteroatoms. The molecule has 0 amide bonds. The number of methoxy groups -OCH3 is 1. The van der Waals surface area contributed by atoms with Crippen LogP contribution in [0.25, 0.3) is 0 Å². The van der Waals surface area contributed by atoms with Crippen molar-refractivity contribution in [1.82, 2.24) is 0 Å². The first-order valence-corrected chi connectivity index (χ1v) is 5.38. The third-order valence-corrected chi connectivity index (χ3v) is 2.81. The molecular formula is C13H20O2. The molecule has 0 aliphatic carbocycles. The molecule has 15 heavy (non-hydrogen) atoms. The van der Waals surface area contributed by atoms with Crippen LogP contribution in [0.2, 0.25) is 0 Å². The zero-order valence-corrected chi connectivity index (χ0v) is 10.0. The smallest absolute Gasteiger partial charge is 0.119 e. The lowest BCUT2D eigenvalue weighted by atomic mass is 9.80. The minimum absolute atomic E-state index is 0.00657. The second-order valence-corrected chi connectivity index (χ2v) is 4.52. The predicted octanol–water partition coefficient (Wildman–Crippen LogP) is 3.48. The molecule has 0 aromatic heterocycles. The van der Waals surface area contributed by atoms with Gasteiger partial charge in [0.1, 0.15) is 11.5 Å². The van der Waals surface area contributed by atoms with E-state index in [1.165, 1.54) is 0 Å². The van der Waals surface area contributed by atoms with E-state index in [0.29, 0.717) is 5.75 Å². The van der Waals surface area contributed by atoms with E-state index >= 15 is 0 Å². The van der Waals surface area contributed by atoms with Crippen LogP contribution in [0.3, 0.4) is 0 Å². The number of hydrogen-bond donors (Lipinski definition) is 1. The Morgan fingerprint density at radius 1 is 1.33 bits per heavy atom. The average Bonchev–Trinajstić information content (AvgIpc) is 2.18. The topological polar surface area (TPSA) is 29.5 Å². The molecule has 2 nitrogen and oxygen atoms in total. The molecule has 0 aliphatic heterocycles. The van der Waals surface area contributed by atoms with Crippen LogP contribution in [-0.4, -0.2) is 12.2 Å². The third-order valence-electron chi connectivity index (χ3n) is 2.81. The molecule has 0 atom stereocenters. The first-order valence-electron chi connectivity index (χ1n) is 5.38. The minimum atomic E-state index is -0.00657. The molecule has 0 saturated carbocycles. The molecule has 0 heterocycles. The largest absolute Gasteiger partial charge is 0.508 e. The van der Waals surface area contributed by atoms with Crippen molar-refractivity contribution >= 4 is 0 Å². The van der Waals surface area contributed by atoms with Crippen LogP contribution in [0.4, 0.5) is 0 Å². The van der Waals surface area contributed by atoms with Crippen LogP contribution >= 0.6 is 0 Å². The lowest BCUT2D eigenvalue weighted by molar-refractivity contribution is 0.395. The highest BCUT2D eigenvalue weighted by Gasteiger charge is 2.23. The van der Waals surface area contributed by atoms with Gasteiger partial charge in [0.15, 0.2) is 0 Å². The zero-order chi connectivity index (χ0) is 11.5. The van der Waals surface area contributed by atoms with Crippen molar-refractivity contribution in [2.75, 3.05) is 7.11 Å². The van der Waals surface area contributed by atoms with Crippen molar-refractivity contribution in [3.8, 4) is 11.5 Å². The van der Waals surface area contributed by atoms with E-state index in [0.717, 1.165) is 24.2 Å². The van der Waals surface area contributed by atoms with Gasteiger partial charge < -0.3 is 9.84 Å². The summed E-state index contributed by atoms with van der Waals surface area (Å²) in [4.78, 5) is 0. The summed E-state index contributed by atoms with van der Waals surface area (Å²) >= 11 is 0. The molecule has 0 unspecified atom stereocenters. The molecule has 0 saturated heterocycles. The Hall–Kier alpha value is -1.18. The van der Waals surface area contributed by atoms with E-state index in [-0.39, 0.29) is 5.41 Å². The number of aromatic hydroxyl groups is 1. The van der Waals surface area contributed by atoms with E-state index in [1.54, 1.807) is 19.2 Å². The summed E-state index contributed by atoms with van der Waals surface area (Å²) in [5.74, 6) is 1.15. The number of rotatable bonds is 4. The van der Waals surface area contributed by atoms with Gasteiger partial charge in [-0.1, -0.05) is 27.2 Å². The molecule has 1 N–H and O–H groups in total. The summed E-state index contributed by atoms with van der Waals surface area (Å²) in [7, 11) is 1.64. The maximum atomic E-state index is 9.84. The van der Waals surface area contributed by atoms with Crippen molar-refractivity contribution in [1.29, 1.82) is 0 Å². The number of phenols is 1. The molecule has 0 spiro atoms. The molecule has 0 fully saturated rings. The fourth-order valence-corrected chi connectivity index (χ4v) is 1.94. The molecule has 1 rings (SSSR count). The Bertz CT molecular complexity index is 329.